The Morgan fingerprint density at radius 2 is 2.00 bits per heavy atom. The number of carbonyl (C=O) groups is 1. The first kappa shape index (κ1) is 12.6. The molecule has 0 radical (unpaired) electrons. The molecule has 0 aliphatic rings. The van der Waals surface area contributed by atoms with E-state index in [4.69, 9.17) is 10.5 Å². The number of aromatic nitrogens is 2. The van der Waals surface area contributed by atoms with Crippen LogP contribution in [0.2, 0.25) is 0 Å². The first-order valence-electron chi connectivity index (χ1n) is 5.13. The number of nitrogens with zero attached hydrogens (tertiary/aromatic N) is 2. The van der Waals surface area contributed by atoms with E-state index in [0.29, 0.717) is 5.82 Å². The highest BCUT2D eigenvalue weighted by molar-refractivity contribution is 5.70. The fourth-order valence-electron chi connectivity index (χ4n) is 1.16. The minimum Gasteiger partial charge on any atom is -0.460 e. The highest BCUT2D eigenvalue weighted by Crippen LogP contribution is 2.13. The molecule has 1 rings (SSSR count). The van der Waals surface area contributed by atoms with Crippen LogP contribution >= 0.6 is 0 Å². The lowest BCUT2D eigenvalue weighted by molar-refractivity contribution is -0.155. The van der Waals surface area contributed by atoms with Gasteiger partial charge in [-0.3, -0.25) is 4.79 Å². The molecule has 0 fully saturated rings. The Bertz CT molecular complexity index is 346. The van der Waals surface area contributed by atoms with Crippen molar-refractivity contribution < 1.29 is 9.53 Å². The number of nitrogens with two attached hydrogens (primary N) is 1. The summed E-state index contributed by atoms with van der Waals surface area (Å²) in [6.45, 7) is 5.44. The van der Waals surface area contributed by atoms with Crippen LogP contribution in [-0.2, 0) is 9.53 Å². The summed E-state index contributed by atoms with van der Waals surface area (Å²) in [6.07, 6.45) is 3.27. The van der Waals surface area contributed by atoms with Crippen LogP contribution in [0.3, 0.4) is 0 Å². The smallest absolute Gasteiger partial charge is 0.308 e. The summed E-state index contributed by atoms with van der Waals surface area (Å²) < 4.78 is 5.16. The fraction of sp³-hybridized carbons (Fsp3) is 0.545. The quantitative estimate of drug-likeness (QED) is 0.779. The minimum atomic E-state index is -0.518. The van der Waals surface area contributed by atoms with Crippen molar-refractivity contribution >= 4 is 5.97 Å². The van der Waals surface area contributed by atoms with E-state index in [-0.39, 0.29) is 12.4 Å². The van der Waals surface area contributed by atoms with E-state index in [9.17, 15) is 4.79 Å². The molecule has 0 saturated carbocycles. The molecule has 0 unspecified atom stereocenters. The van der Waals surface area contributed by atoms with Crippen molar-refractivity contribution in [3.63, 3.8) is 0 Å². The van der Waals surface area contributed by atoms with Gasteiger partial charge in [-0.15, -0.1) is 0 Å². The van der Waals surface area contributed by atoms with E-state index in [1.165, 1.54) is 0 Å². The standard InChI is InChI=1S/C11H17N3O2/c1-11(2,3)16-9(15)7-8(12)10-13-5-4-6-14-10/h4-6,8H,7,12H2,1-3H3/t8-/m1/s1. The lowest BCUT2D eigenvalue weighted by atomic mass is 10.1. The van der Waals surface area contributed by atoms with Crippen molar-refractivity contribution in [2.24, 2.45) is 5.73 Å². The van der Waals surface area contributed by atoms with Gasteiger partial charge in [0.15, 0.2) is 0 Å². The Morgan fingerprint density at radius 3 is 2.50 bits per heavy atom. The fourth-order valence-corrected chi connectivity index (χ4v) is 1.16. The Labute approximate surface area is 95.0 Å². The maximum atomic E-state index is 11.5. The summed E-state index contributed by atoms with van der Waals surface area (Å²) in [4.78, 5) is 19.5. The molecule has 5 heteroatoms. The zero-order chi connectivity index (χ0) is 12.2. The SMILES string of the molecule is CC(C)(C)OC(=O)C[C@@H](N)c1ncccn1. The number of rotatable bonds is 3. The predicted octanol–water partition coefficient (Wildman–Crippen LogP) is 1.21. The summed E-state index contributed by atoms with van der Waals surface area (Å²) in [7, 11) is 0. The monoisotopic (exact) mass is 223 g/mol. The van der Waals surface area contributed by atoms with E-state index in [1.807, 2.05) is 20.8 Å². The molecular formula is C11H17N3O2. The molecule has 0 aliphatic heterocycles. The van der Waals surface area contributed by atoms with Gasteiger partial charge < -0.3 is 10.5 Å². The van der Waals surface area contributed by atoms with Crippen molar-refractivity contribution in [2.75, 3.05) is 0 Å². The molecule has 0 saturated heterocycles. The lowest BCUT2D eigenvalue weighted by Gasteiger charge is -2.20. The number of ether oxygens (including phenoxy) is 1. The van der Waals surface area contributed by atoms with Gasteiger partial charge in [-0.05, 0) is 26.8 Å². The van der Waals surface area contributed by atoms with Gasteiger partial charge >= 0.3 is 5.97 Å². The molecule has 1 aromatic heterocycles. The molecule has 0 aromatic carbocycles. The number of esters is 1. The summed E-state index contributed by atoms with van der Waals surface area (Å²) in [6, 6.07) is 1.18. The third-order valence-electron chi connectivity index (χ3n) is 1.72. The second-order valence-electron chi connectivity index (χ2n) is 4.50. The number of carbonyl (C=O) groups excluding carboxylic acids is 1. The van der Waals surface area contributed by atoms with Gasteiger partial charge in [0.05, 0.1) is 12.5 Å². The third-order valence-corrected chi connectivity index (χ3v) is 1.72. The van der Waals surface area contributed by atoms with Crippen molar-refractivity contribution in [2.45, 2.75) is 38.8 Å². The third kappa shape index (κ3) is 4.35. The first-order valence-corrected chi connectivity index (χ1v) is 5.13. The molecule has 1 atom stereocenters. The van der Waals surface area contributed by atoms with Crippen LogP contribution in [0.5, 0.6) is 0 Å². The zero-order valence-electron chi connectivity index (χ0n) is 9.80. The Balaban J connectivity index is 2.52. The topological polar surface area (TPSA) is 78.1 Å². The summed E-state index contributed by atoms with van der Waals surface area (Å²) in [5.74, 6) is 0.112. The molecule has 0 aliphatic carbocycles. The maximum absolute atomic E-state index is 11.5. The average Bonchev–Trinajstić information content (AvgIpc) is 2.16. The van der Waals surface area contributed by atoms with Gasteiger partial charge in [0, 0.05) is 12.4 Å². The number of hydrogen-bond donors (Lipinski definition) is 1. The highest BCUT2D eigenvalue weighted by atomic mass is 16.6. The molecule has 5 nitrogen and oxygen atoms in total. The highest BCUT2D eigenvalue weighted by Gasteiger charge is 2.20. The molecular weight excluding hydrogens is 206 g/mol. The maximum Gasteiger partial charge on any atom is 0.308 e. The lowest BCUT2D eigenvalue weighted by Crippen LogP contribution is -2.27. The summed E-state index contributed by atoms with van der Waals surface area (Å²) in [5, 5.41) is 0. The second kappa shape index (κ2) is 5.03. The van der Waals surface area contributed by atoms with E-state index >= 15 is 0 Å². The molecule has 2 N–H and O–H groups in total. The molecule has 16 heavy (non-hydrogen) atoms. The first-order chi connectivity index (χ1) is 7.38. The van der Waals surface area contributed by atoms with E-state index in [1.54, 1.807) is 18.5 Å². The average molecular weight is 223 g/mol. The predicted molar refractivity (Wildman–Crippen MR) is 59.4 cm³/mol. The molecule has 0 spiro atoms. The van der Waals surface area contributed by atoms with Gasteiger partial charge in [0.1, 0.15) is 11.4 Å². The van der Waals surface area contributed by atoms with Crippen molar-refractivity contribution in [3.8, 4) is 0 Å². The molecule has 88 valence electrons. The van der Waals surface area contributed by atoms with Crippen molar-refractivity contribution in [1.29, 1.82) is 0 Å². The van der Waals surface area contributed by atoms with Gasteiger partial charge in [0.2, 0.25) is 0 Å². The van der Waals surface area contributed by atoms with E-state index in [0.717, 1.165) is 0 Å². The minimum absolute atomic E-state index is 0.0846. The summed E-state index contributed by atoms with van der Waals surface area (Å²) >= 11 is 0. The Hall–Kier alpha value is -1.49. The van der Waals surface area contributed by atoms with E-state index < -0.39 is 11.6 Å². The normalized spacial score (nSPS) is 13.2. The van der Waals surface area contributed by atoms with Gasteiger partial charge in [-0.2, -0.15) is 0 Å². The molecule has 0 amide bonds. The van der Waals surface area contributed by atoms with Crippen LogP contribution in [0, 0.1) is 0 Å². The van der Waals surface area contributed by atoms with E-state index in [2.05, 4.69) is 9.97 Å². The number of hydrogen-bond acceptors (Lipinski definition) is 5. The van der Waals surface area contributed by atoms with Crippen molar-refractivity contribution in [1.82, 2.24) is 9.97 Å². The van der Waals surface area contributed by atoms with Crippen LogP contribution in [0.15, 0.2) is 18.5 Å². The molecule has 1 heterocycles. The zero-order valence-corrected chi connectivity index (χ0v) is 9.80. The van der Waals surface area contributed by atoms with Gasteiger partial charge in [0.25, 0.3) is 0 Å². The van der Waals surface area contributed by atoms with Crippen LogP contribution in [-0.4, -0.2) is 21.5 Å². The Kier molecular flexibility index (Phi) is 3.95. The molecule has 1 aromatic rings. The largest absolute Gasteiger partial charge is 0.460 e. The Morgan fingerprint density at radius 1 is 1.44 bits per heavy atom. The van der Waals surface area contributed by atoms with Gasteiger partial charge in [-0.1, -0.05) is 0 Å². The van der Waals surface area contributed by atoms with Crippen molar-refractivity contribution in [3.05, 3.63) is 24.3 Å². The van der Waals surface area contributed by atoms with Crippen LogP contribution in [0.25, 0.3) is 0 Å². The van der Waals surface area contributed by atoms with Crippen LogP contribution in [0.1, 0.15) is 39.1 Å². The van der Waals surface area contributed by atoms with Crippen LogP contribution in [0.4, 0.5) is 0 Å². The summed E-state index contributed by atoms with van der Waals surface area (Å²) in [5.41, 5.74) is 5.30. The van der Waals surface area contributed by atoms with Gasteiger partial charge in [-0.25, -0.2) is 9.97 Å². The van der Waals surface area contributed by atoms with Crippen LogP contribution < -0.4 is 5.73 Å². The second-order valence-corrected chi connectivity index (χ2v) is 4.50. The molecule has 0 bridgehead atoms.